The average Bonchev–Trinajstić information content (AvgIpc) is 3.18. The van der Waals surface area contributed by atoms with Crippen molar-refractivity contribution in [3.8, 4) is 5.75 Å². The predicted molar refractivity (Wildman–Crippen MR) is 85.2 cm³/mol. The standard InChI is InChI=1S/C18H25NO3/c1-18(2,3)22-17(20)19-14-10-16(11-14)21-15-6-4-5-13(9-15)12-7-8-12/h4-6,9,12,14,16H,7-8,10-11H2,1-3H3,(H,19,20). The highest BCUT2D eigenvalue weighted by atomic mass is 16.6. The van der Waals surface area contributed by atoms with E-state index in [9.17, 15) is 4.79 Å². The molecule has 0 aliphatic heterocycles. The number of ether oxygens (including phenoxy) is 2. The lowest BCUT2D eigenvalue weighted by atomic mass is 9.89. The predicted octanol–water partition coefficient (Wildman–Crippen LogP) is 4.00. The fourth-order valence-corrected chi connectivity index (χ4v) is 2.70. The Morgan fingerprint density at radius 2 is 1.95 bits per heavy atom. The number of hydrogen-bond donors (Lipinski definition) is 1. The van der Waals surface area contributed by atoms with Crippen molar-refractivity contribution in [2.24, 2.45) is 0 Å². The fraction of sp³-hybridized carbons (Fsp3) is 0.611. The number of carbonyl (C=O) groups excluding carboxylic acids is 1. The normalized spacial score (nSPS) is 24.3. The third-order valence-corrected chi connectivity index (χ3v) is 4.03. The van der Waals surface area contributed by atoms with Crippen molar-refractivity contribution in [1.29, 1.82) is 0 Å². The van der Waals surface area contributed by atoms with E-state index in [1.165, 1.54) is 18.4 Å². The molecular formula is C18H25NO3. The molecule has 2 saturated carbocycles. The Hall–Kier alpha value is -1.71. The average molecular weight is 303 g/mol. The second kappa shape index (κ2) is 5.82. The zero-order chi connectivity index (χ0) is 15.7. The maximum Gasteiger partial charge on any atom is 0.407 e. The van der Waals surface area contributed by atoms with E-state index in [0.29, 0.717) is 0 Å². The van der Waals surface area contributed by atoms with Crippen molar-refractivity contribution in [3.05, 3.63) is 29.8 Å². The molecule has 2 fully saturated rings. The first-order valence-corrected chi connectivity index (χ1v) is 8.15. The third kappa shape index (κ3) is 4.15. The van der Waals surface area contributed by atoms with Crippen LogP contribution in [-0.4, -0.2) is 23.8 Å². The van der Waals surface area contributed by atoms with Crippen LogP contribution in [0.1, 0.15) is 57.9 Å². The molecule has 3 rings (SSSR count). The molecule has 1 amide bonds. The van der Waals surface area contributed by atoms with E-state index in [4.69, 9.17) is 9.47 Å². The number of carbonyl (C=O) groups is 1. The SMILES string of the molecule is CC(C)(C)OC(=O)NC1CC(Oc2cccc(C3CC3)c2)C1. The Balaban J connectivity index is 1.42. The maximum absolute atomic E-state index is 11.7. The smallest absolute Gasteiger partial charge is 0.407 e. The van der Waals surface area contributed by atoms with Gasteiger partial charge in [0.25, 0.3) is 0 Å². The minimum Gasteiger partial charge on any atom is -0.490 e. The number of nitrogens with one attached hydrogen (secondary N) is 1. The van der Waals surface area contributed by atoms with Crippen LogP contribution in [0.15, 0.2) is 24.3 Å². The first kappa shape index (κ1) is 15.2. The molecular weight excluding hydrogens is 278 g/mol. The van der Waals surface area contributed by atoms with Gasteiger partial charge in [0.05, 0.1) is 0 Å². The lowest BCUT2D eigenvalue weighted by molar-refractivity contribution is 0.0363. The van der Waals surface area contributed by atoms with E-state index >= 15 is 0 Å². The second-order valence-corrected chi connectivity index (χ2v) is 7.40. The number of amides is 1. The molecule has 1 aromatic carbocycles. The molecule has 0 radical (unpaired) electrons. The Kier molecular flexibility index (Phi) is 4.02. The summed E-state index contributed by atoms with van der Waals surface area (Å²) in [5, 5.41) is 2.89. The largest absolute Gasteiger partial charge is 0.490 e. The Bertz CT molecular complexity index is 540. The summed E-state index contributed by atoms with van der Waals surface area (Å²) in [6.07, 6.45) is 4.13. The van der Waals surface area contributed by atoms with Gasteiger partial charge in [-0.2, -0.15) is 0 Å². The summed E-state index contributed by atoms with van der Waals surface area (Å²) in [5.74, 6) is 1.69. The molecule has 2 aliphatic carbocycles. The zero-order valence-corrected chi connectivity index (χ0v) is 13.6. The number of benzene rings is 1. The first-order chi connectivity index (χ1) is 10.4. The van der Waals surface area contributed by atoms with Gasteiger partial charge in [-0.1, -0.05) is 12.1 Å². The van der Waals surface area contributed by atoms with Gasteiger partial charge in [-0.25, -0.2) is 4.79 Å². The lowest BCUT2D eigenvalue weighted by Gasteiger charge is -2.36. The van der Waals surface area contributed by atoms with Crippen LogP contribution in [-0.2, 0) is 4.74 Å². The van der Waals surface area contributed by atoms with Crippen LogP contribution in [0.3, 0.4) is 0 Å². The van der Waals surface area contributed by atoms with Crippen LogP contribution in [0.5, 0.6) is 5.75 Å². The van der Waals surface area contributed by atoms with Crippen LogP contribution in [0.4, 0.5) is 4.79 Å². The van der Waals surface area contributed by atoms with Crippen LogP contribution < -0.4 is 10.1 Å². The van der Waals surface area contributed by atoms with E-state index < -0.39 is 5.60 Å². The van der Waals surface area contributed by atoms with Gasteiger partial charge < -0.3 is 14.8 Å². The molecule has 1 aromatic rings. The van der Waals surface area contributed by atoms with Crippen molar-refractivity contribution >= 4 is 6.09 Å². The molecule has 4 heteroatoms. The van der Waals surface area contributed by atoms with Crippen LogP contribution in [0.25, 0.3) is 0 Å². The lowest BCUT2D eigenvalue weighted by Crippen LogP contribution is -2.50. The minimum absolute atomic E-state index is 0.159. The summed E-state index contributed by atoms with van der Waals surface area (Å²) in [4.78, 5) is 11.7. The van der Waals surface area contributed by atoms with Gasteiger partial charge in [-0.15, -0.1) is 0 Å². The molecule has 0 bridgehead atoms. The Morgan fingerprint density at radius 3 is 2.59 bits per heavy atom. The van der Waals surface area contributed by atoms with Crippen molar-refractivity contribution in [3.63, 3.8) is 0 Å². The third-order valence-electron chi connectivity index (χ3n) is 4.03. The number of alkyl carbamates (subject to hydrolysis) is 1. The summed E-state index contributed by atoms with van der Waals surface area (Å²) in [6.45, 7) is 5.60. The van der Waals surface area contributed by atoms with Gasteiger partial charge in [-0.05, 0) is 57.2 Å². The molecule has 0 unspecified atom stereocenters. The van der Waals surface area contributed by atoms with Crippen molar-refractivity contribution in [2.45, 2.75) is 70.1 Å². The quantitative estimate of drug-likeness (QED) is 0.914. The molecule has 0 atom stereocenters. The second-order valence-electron chi connectivity index (χ2n) is 7.40. The highest BCUT2D eigenvalue weighted by Crippen LogP contribution is 2.41. The summed E-state index contributed by atoms with van der Waals surface area (Å²) in [5.41, 5.74) is 0.938. The first-order valence-electron chi connectivity index (χ1n) is 8.15. The van der Waals surface area contributed by atoms with E-state index in [0.717, 1.165) is 24.5 Å². The van der Waals surface area contributed by atoms with Crippen LogP contribution in [0.2, 0.25) is 0 Å². The molecule has 0 saturated heterocycles. The highest BCUT2D eigenvalue weighted by Gasteiger charge is 2.33. The van der Waals surface area contributed by atoms with Gasteiger partial charge in [0.15, 0.2) is 0 Å². The van der Waals surface area contributed by atoms with Gasteiger partial charge >= 0.3 is 6.09 Å². The Morgan fingerprint density at radius 1 is 1.23 bits per heavy atom. The summed E-state index contributed by atoms with van der Waals surface area (Å²) in [6, 6.07) is 8.58. The zero-order valence-electron chi connectivity index (χ0n) is 13.6. The van der Waals surface area contributed by atoms with E-state index in [-0.39, 0.29) is 18.2 Å². The molecule has 0 spiro atoms. The molecule has 22 heavy (non-hydrogen) atoms. The van der Waals surface area contributed by atoms with Gasteiger partial charge in [0.1, 0.15) is 17.5 Å². The summed E-state index contributed by atoms with van der Waals surface area (Å²) < 4.78 is 11.2. The maximum atomic E-state index is 11.7. The molecule has 4 nitrogen and oxygen atoms in total. The molecule has 120 valence electrons. The van der Waals surface area contributed by atoms with Crippen molar-refractivity contribution < 1.29 is 14.3 Å². The highest BCUT2D eigenvalue weighted by molar-refractivity contribution is 5.68. The van der Waals surface area contributed by atoms with Gasteiger partial charge in [0.2, 0.25) is 0 Å². The van der Waals surface area contributed by atoms with Gasteiger partial charge in [-0.3, -0.25) is 0 Å². The minimum atomic E-state index is -0.451. The van der Waals surface area contributed by atoms with Crippen LogP contribution in [0, 0.1) is 0 Å². The van der Waals surface area contributed by atoms with Gasteiger partial charge in [0, 0.05) is 18.9 Å². The topological polar surface area (TPSA) is 47.6 Å². The summed E-state index contributed by atoms with van der Waals surface area (Å²) >= 11 is 0. The molecule has 0 aromatic heterocycles. The van der Waals surface area contributed by atoms with E-state index in [1.807, 2.05) is 26.8 Å². The molecule has 1 N–H and O–H groups in total. The monoisotopic (exact) mass is 303 g/mol. The number of rotatable bonds is 4. The van der Waals surface area contributed by atoms with Crippen molar-refractivity contribution in [2.75, 3.05) is 0 Å². The molecule has 2 aliphatic rings. The van der Waals surface area contributed by atoms with E-state index in [1.54, 1.807) is 0 Å². The van der Waals surface area contributed by atoms with Crippen molar-refractivity contribution in [1.82, 2.24) is 5.32 Å². The van der Waals surface area contributed by atoms with E-state index in [2.05, 4.69) is 23.5 Å². The fourth-order valence-electron chi connectivity index (χ4n) is 2.70. The van der Waals surface area contributed by atoms with Crippen LogP contribution >= 0.6 is 0 Å². The Labute approximate surface area is 132 Å². The summed E-state index contributed by atoms with van der Waals surface area (Å²) in [7, 11) is 0. The molecule has 0 heterocycles. The number of hydrogen-bond acceptors (Lipinski definition) is 3.